The highest BCUT2D eigenvalue weighted by molar-refractivity contribution is 6.31. The van der Waals surface area contributed by atoms with Gasteiger partial charge in [0.25, 0.3) is 17.5 Å². The second-order valence-corrected chi connectivity index (χ2v) is 5.65. The average molecular weight is 398 g/mol. The first kappa shape index (κ1) is 19.5. The number of pyridine rings is 1. The first-order valence-electron chi connectivity index (χ1n) is 8.31. The van der Waals surface area contributed by atoms with Gasteiger partial charge in [-0.05, 0) is 30.7 Å². The number of hydrogen-bond donors (Lipinski definition) is 2. The van der Waals surface area contributed by atoms with Crippen LogP contribution in [0.4, 0.5) is 10.5 Å². The number of aromatic nitrogens is 1. The summed E-state index contributed by atoms with van der Waals surface area (Å²) in [5, 5.41) is 14.7. The summed E-state index contributed by atoms with van der Waals surface area (Å²) in [6.07, 6.45) is 2.36. The summed E-state index contributed by atoms with van der Waals surface area (Å²) < 4.78 is 11.1. The molecule has 1 fully saturated rings. The Balaban J connectivity index is 1.88. The Morgan fingerprint density at radius 2 is 1.83 bits per heavy atom. The molecular formula is C18H14N4O7. The van der Waals surface area contributed by atoms with Gasteiger partial charge in [0.2, 0.25) is 5.88 Å². The SMILES string of the molecule is CCOc1cc(C=C2C(=O)NC(=O)NC2=O)ccc1Oc1ccc([N+](=O)[O-])cn1. The zero-order valence-corrected chi connectivity index (χ0v) is 15.0. The van der Waals surface area contributed by atoms with Crippen molar-refractivity contribution < 1.29 is 28.8 Å². The molecule has 3 rings (SSSR count). The number of carbonyl (C=O) groups excluding carboxylic acids is 3. The van der Waals surface area contributed by atoms with Crippen LogP contribution in [0.15, 0.2) is 42.1 Å². The molecule has 0 unspecified atom stereocenters. The monoisotopic (exact) mass is 398 g/mol. The number of urea groups is 1. The van der Waals surface area contributed by atoms with E-state index in [4.69, 9.17) is 9.47 Å². The molecule has 1 saturated heterocycles. The van der Waals surface area contributed by atoms with E-state index >= 15 is 0 Å². The van der Waals surface area contributed by atoms with Crippen molar-refractivity contribution in [2.24, 2.45) is 0 Å². The molecule has 2 N–H and O–H groups in total. The van der Waals surface area contributed by atoms with E-state index in [2.05, 4.69) is 4.98 Å². The number of nitrogens with zero attached hydrogens (tertiary/aromatic N) is 2. The number of nitro groups is 1. The zero-order chi connectivity index (χ0) is 21.0. The smallest absolute Gasteiger partial charge is 0.328 e. The molecule has 1 aromatic carbocycles. The summed E-state index contributed by atoms with van der Waals surface area (Å²) in [6, 6.07) is 6.35. The highest BCUT2D eigenvalue weighted by Crippen LogP contribution is 2.33. The lowest BCUT2D eigenvalue weighted by Crippen LogP contribution is -2.51. The minimum absolute atomic E-state index is 0.118. The lowest BCUT2D eigenvalue weighted by Gasteiger charge is -2.15. The minimum Gasteiger partial charge on any atom is -0.490 e. The normalized spacial score (nSPS) is 13.4. The van der Waals surface area contributed by atoms with Crippen LogP contribution in [0.5, 0.6) is 17.4 Å². The van der Waals surface area contributed by atoms with Crippen LogP contribution >= 0.6 is 0 Å². The molecule has 0 aliphatic carbocycles. The first-order valence-corrected chi connectivity index (χ1v) is 8.31. The van der Waals surface area contributed by atoms with E-state index in [0.717, 1.165) is 6.20 Å². The van der Waals surface area contributed by atoms with Crippen molar-refractivity contribution in [2.75, 3.05) is 6.61 Å². The van der Waals surface area contributed by atoms with Crippen molar-refractivity contribution in [3.63, 3.8) is 0 Å². The number of rotatable bonds is 6. The number of amides is 4. The number of barbiturate groups is 1. The summed E-state index contributed by atoms with van der Waals surface area (Å²) in [7, 11) is 0. The van der Waals surface area contributed by atoms with Crippen molar-refractivity contribution >= 4 is 29.6 Å². The van der Waals surface area contributed by atoms with E-state index in [0.29, 0.717) is 17.9 Å². The fraction of sp³-hybridized carbons (Fsp3) is 0.111. The van der Waals surface area contributed by atoms with Gasteiger partial charge in [0.15, 0.2) is 11.5 Å². The molecule has 0 radical (unpaired) electrons. The van der Waals surface area contributed by atoms with Crippen LogP contribution in [-0.2, 0) is 9.59 Å². The van der Waals surface area contributed by atoms with Crippen molar-refractivity contribution in [2.45, 2.75) is 6.92 Å². The van der Waals surface area contributed by atoms with Gasteiger partial charge in [0.1, 0.15) is 11.8 Å². The van der Waals surface area contributed by atoms with Gasteiger partial charge >= 0.3 is 6.03 Å². The number of benzene rings is 1. The Labute approximate surface area is 163 Å². The maximum atomic E-state index is 11.8. The van der Waals surface area contributed by atoms with Gasteiger partial charge in [-0.1, -0.05) is 6.07 Å². The first-order chi connectivity index (χ1) is 13.9. The summed E-state index contributed by atoms with van der Waals surface area (Å²) in [4.78, 5) is 48.8. The maximum Gasteiger partial charge on any atom is 0.328 e. The van der Waals surface area contributed by atoms with Crippen molar-refractivity contribution in [3.05, 3.63) is 57.8 Å². The van der Waals surface area contributed by atoms with E-state index < -0.39 is 22.8 Å². The Kier molecular flexibility index (Phi) is 5.49. The predicted octanol–water partition coefficient (Wildman–Crippen LogP) is 1.93. The Morgan fingerprint density at radius 3 is 2.41 bits per heavy atom. The van der Waals surface area contributed by atoms with E-state index in [9.17, 15) is 24.5 Å². The molecule has 4 amide bonds. The molecule has 0 spiro atoms. The molecule has 0 atom stereocenters. The van der Waals surface area contributed by atoms with Gasteiger partial charge in [-0.2, -0.15) is 0 Å². The number of imide groups is 2. The topological polar surface area (TPSA) is 150 Å². The third-order valence-corrected chi connectivity index (χ3v) is 3.67. The molecule has 29 heavy (non-hydrogen) atoms. The molecular weight excluding hydrogens is 384 g/mol. The Hall–Kier alpha value is -4.28. The highest BCUT2D eigenvalue weighted by Gasteiger charge is 2.27. The zero-order valence-electron chi connectivity index (χ0n) is 15.0. The summed E-state index contributed by atoms with van der Waals surface area (Å²) in [5.41, 5.74) is 0.0386. The Bertz CT molecular complexity index is 1010. The number of hydrogen-bond acceptors (Lipinski definition) is 8. The number of nitrogens with one attached hydrogen (secondary N) is 2. The number of carbonyl (C=O) groups is 3. The Morgan fingerprint density at radius 1 is 1.10 bits per heavy atom. The predicted molar refractivity (Wildman–Crippen MR) is 98.2 cm³/mol. The molecule has 1 aromatic heterocycles. The van der Waals surface area contributed by atoms with Crippen LogP contribution in [0, 0.1) is 10.1 Å². The molecule has 2 heterocycles. The van der Waals surface area contributed by atoms with Crippen LogP contribution in [-0.4, -0.2) is 34.4 Å². The van der Waals surface area contributed by atoms with Crippen molar-refractivity contribution in [1.29, 1.82) is 0 Å². The highest BCUT2D eigenvalue weighted by atomic mass is 16.6. The minimum atomic E-state index is -0.883. The van der Waals surface area contributed by atoms with Crippen molar-refractivity contribution in [3.8, 4) is 17.4 Å². The maximum absolute atomic E-state index is 11.8. The molecule has 1 aliphatic rings. The quantitative estimate of drug-likeness (QED) is 0.324. The second-order valence-electron chi connectivity index (χ2n) is 5.65. The van der Waals surface area contributed by atoms with E-state index in [1.165, 1.54) is 30.3 Å². The number of ether oxygens (including phenoxy) is 2. The van der Waals surface area contributed by atoms with Crippen LogP contribution in [0.3, 0.4) is 0 Å². The van der Waals surface area contributed by atoms with Crippen LogP contribution in [0.25, 0.3) is 6.08 Å². The standard InChI is InChI=1S/C18H14N4O7/c1-2-28-14-8-10(7-12-16(23)20-18(25)21-17(12)24)3-5-13(14)29-15-6-4-11(9-19-15)22(26)27/h3-9H,2H2,1H3,(H2,20,21,23,24,25). The molecule has 1 aliphatic heterocycles. The van der Waals surface area contributed by atoms with Gasteiger partial charge in [-0.25, -0.2) is 9.78 Å². The fourth-order valence-electron chi connectivity index (χ4n) is 2.39. The van der Waals surface area contributed by atoms with Crippen LogP contribution < -0.4 is 20.1 Å². The lowest BCUT2D eigenvalue weighted by molar-refractivity contribution is -0.385. The second kappa shape index (κ2) is 8.17. The van der Waals surface area contributed by atoms with E-state index in [1.807, 2.05) is 10.6 Å². The molecule has 11 nitrogen and oxygen atoms in total. The molecule has 2 aromatic rings. The summed E-state index contributed by atoms with van der Waals surface area (Å²) in [5.74, 6) is -0.927. The van der Waals surface area contributed by atoms with Gasteiger partial charge in [-0.3, -0.25) is 30.3 Å². The van der Waals surface area contributed by atoms with E-state index in [1.54, 1.807) is 13.0 Å². The summed E-state index contributed by atoms with van der Waals surface area (Å²) >= 11 is 0. The van der Waals surface area contributed by atoms with Gasteiger partial charge in [0, 0.05) is 12.1 Å². The molecule has 0 saturated carbocycles. The molecule has 0 bridgehead atoms. The third kappa shape index (κ3) is 4.53. The average Bonchev–Trinajstić information content (AvgIpc) is 2.67. The fourth-order valence-corrected chi connectivity index (χ4v) is 2.39. The molecule has 148 valence electrons. The van der Waals surface area contributed by atoms with Gasteiger partial charge in [0.05, 0.1) is 11.5 Å². The van der Waals surface area contributed by atoms with Crippen LogP contribution in [0.1, 0.15) is 12.5 Å². The summed E-state index contributed by atoms with van der Waals surface area (Å²) in [6.45, 7) is 2.06. The van der Waals surface area contributed by atoms with Crippen molar-refractivity contribution in [1.82, 2.24) is 15.6 Å². The van der Waals surface area contributed by atoms with E-state index in [-0.39, 0.29) is 22.9 Å². The van der Waals surface area contributed by atoms with Gasteiger partial charge < -0.3 is 9.47 Å². The largest absolute Gasteiger partial charge is 0.490 e. The van der Waals surface area contributed by atoms with Crippen LogP contribution in [0.2, 0.25) is 0 Å². The van der Waals surface area contributed by atoms with Gasteiger partial charge in [-0.15, -0.1) is 0 Å². The molecule has 11 heteroatoms. The third-order valence-electron chi connectivity index (χ3n) is 3.67. The lowest BCUT2D eigenvalue weighted by atomic mass is 10.1.